The molecule has 27 heavy (non-hydrogen) atoms. The molecule has 5 nitrogen and oxygen atoms in total. The first kappa shape index (κ1) is 20.9. The standard InChI is InChI=1S/C19H23F2N3O2S/c1-24(2)17(13-4-8-15(25-3)9-5-13)12-22-19(27)23-14-6-10-16(11-7-14)26-18(20)21/h4-11,17-18H,12H2,1-3H3,(H2,22,23,27)/t17-/m1/s1. The van der Waals surface area contributed by atoms with E-state index in [4.69, 9.17) is 17.0 Å². The van der Waals surface area contributed by atoms with E-state index in [0.29, 0.717) is 17.3 Å². The molecule has 0 saturated heterocycles. The fraction of sp³-hybridized carbons (Fsp3) is 0.316. The average Bonchev–Trinajstić information content (AvgIpc) is 2.63. The molecule has 0 saturated carbocycles. The SMILES string of the molecule is COc1ccc([C@@H](CNC(=S)Nc2ccc(OC(F)F)cc2)N(C)C)cc1. The zero-order valence-corrected chi connectivity index (χ0v) is 16.2. The van der Waals surface area contributed by atoms with Gasteiger partial charge in [0.15, 0.2) is 5.11 Å². The Morgan fingerprint density at radius 1 is 1.04 bits per heavy atom. The van der Waals surface area contributed by atoms with Crippen molar-refractivity contribution in [1.82, 2.24) is 10.2 Å². The lowest BCUT2D eigenvalue weighted by Gasteiger charge is -2.26. The first-order valence-corrected chi connectivity index (χ1v) is 8.70. The lowest BCUT2D eigenvalue weighted by molar-refractivity contribution is -0.0498. The molecule has 8 heteroatoms. The van der Waals surface area contributed by atoms with E-state index < -0.39 is 6.61 Å². The minimum absolute atomic E-state index is 0.0987. The molecule has 0 heterocycles. The summed E-state index contributed by atoms with van der Waals surface area (Å²) in [6.07, 6.45) is 0. The molecule has 0 radical (unpaired) electrons. The van der Waals surface area contributed by atoms with Crippen LogP contribution in [0.15, 0.2) is 48.5 Å². The summed E-state index contributed by atoms with van der Waals surface area (Å²) < 4.78 is 33.9. The summed E-state index contributed by atoms with van der Waals surface area (Å²) >= 11 is 5.32. The largest absolute Gasteiger partial charge is 0.497 e. The molecule has 2 aromatic carbocycles. The Hall–Kier alpha value is -2.45. The summed E-state index contributed by atoms with van der Waals surface area (Å²) in [6, 6.07) is 14.1. The van der Waals surface area contributed by atoms with Gasteiger partial charge in [0.25, 0.3) is 0 Å². The number of rotatable bonds is 8. The average molecular weight is 395 g/mol. The molecule has 0 fully saturated rings. The van der Waals surface area contributed by atoms with Crippen LogP contribution in [0, 0.1) is 0 Å². The van der Waals surface area contributed by atoms with Crippen molar-refractivity contribution in [2.45, 2.75) is 12.7 Å². The Morgan fingerprint density at radius 3 is 2.15 bits per heavy atom. The Kier molecular flexibility index (Phi) is 7.75. The summed E-state index contributed by atoms with van der Waals surface area (Å²) in [4.78, 5) is 2.09. The number of methoxy groups -OCH3 is 1. The highest BCUT2D eigenvalue weighted by atomic mass is 32.1. The highest BCUT2D eigenvalue weighted by Crippen LogP contribution is 2.21. The van der Waals surface area contributed by atoms with E-state index in [9.17, 15) is 8.78 Å². The van der Waals surface area contributed by atoms with Gasteiger partial charge in [-0.15, -0.1) is 0 Å². The zero-order chi connectivity index (χ0) is 19.8. The summed E-state index contributed by atoms with van der Waals surface area (Å²) in [7, 11) is 5.62. The number of nitrogens with one attached hydrogen (secondary N) is 2. The van der Waals surface area contributed by atoms with Gasteiger partial charge in [-0.05, 0) is 68.3 Å². The Labute approximate surface area is 163 Å². The van der Waals surface area contributed by atoms with E-state index in [1.54, 1.807) is 19.2 Å². The van der Waals surface area contributed by atoms with Crippen molar-refractivity contribution in [3.8, 4) is 11.5 Å². The van der Waals surface area contributed by atoms with E-state index >= 15 is 0 Å². The predicted octanol–water partition coefficient (Wildman–Crippen LogP) is 3.89. The van der Waals surface area contributed by atoms with Gasteiger partial charge in [-0.25, -0.2) is 0 Å². The van der Waals surface area contributed by atoms with Crippen molar-refractivity contribution >= 4 is 23.0 Å². The van der Waals surface area contributed by atoms with Gasteiger partial charge >= 0.3 is 6.61 Å². The van der Waals surface area contributed by atoms with E-state index in [2.05, 4.69) is 20.3 Å². The molecule has 0 aliphatic heterocycles. The summed E-state index contributed by atoms with van der Waals surface area (Å²) in [5.74, 6) is 0.905. The van der Waals surface area contributed by atoms with Gasteiger partial charge in [-0.1, -0.05) is 12.1 Å². The molecule has 0 aliphatic carbocycles. The Morgan fingerprint density at radius 2 is 1.63 bits per heavy atom. The molecule has 2 rings (SSSR count). The van der Waals surface area contributed by atoms with Crippen LogP contribution in [0.1, 0.15) is 11.6 Å². The number of thiocarbonyl (C=S) groups is 1. The fourth-order valence-electron chi connectivity index (χ4n) is 2.51. The molecule has 2 N–H and O–H groups in total. The first-order chi connectivity index (χ1) is 12.9. The Bertz CT molecular complexity index is 725. The highest BCUT2D eigenvalue weighted by Gasteiger charge is 2.14. The van der Waals surface area contributed by atoms with Gasteiger partial charge in [0.05, 0.1) is 13.2 Å². The fourth-order valence-corrected chi connectivity index (χ4v) is 2.71. The lowest BCUT2D eigenvalue weighted by atomic mass is 10.1. The Balaban J connectivity index is 1.91. The molecule has 1 atom stereocenters. The molecule has 0 bridgehead atoms. The minimum atomic E-state index is -2.84. The number of hydrogen-bond acceptors (Lipinski definition) is 4. The zero-order valence-electron chi connectivity index (χ0n) is 15.4. The number of alkyl halides is 2. The number of likely N-dealkylation sites (N-methyl/N-ethyl adjacent to an activating group) is 1. The van der Waals surface area contributed by atoms with Crippen LogP contribution < -0.4 is 20.1 Å². The predicted molar refractivity (Wildman–Crippen MR) is 107 cm³/mol. The van der Waals surface area contributed by atoms with Crippen LogP contribution >= 0.6 is 12.2 Å². The van der Waals surface area contributed by atoms with Crippen molar-refractivity contribution in [2.75, 3.05) is 33.1 Å². The molecule has 0 spiro atoms. The molecule has 0 aliphatic rings. The number of nitrogens with zero attached hydrogens (tertiary/aromatic N) is 1. The van der Waals surface area contributed by atoms with Crippen LogP contribution in [0.2, 0.25) is 0 Å². The van der Waals surface area contributed by atoms with Crippen molar-refractivity contribution in [3.05, 3.63) is 54.1 Å². The van der Waals surface area contributed by atoms with Crippen LogP contribution in [-0.2, 0) is 0 Å². The number of anilines is 1. The van der Waals surface area contributed by atoms with E-state index in [1.165, 1.54) is 12.1 Å². The van der Waals surface area contributed by atoms with E-state index in [0.717, 1.165) is 11.3 Å². The number of benzene rings is 2. The third-order valence-corrected chi connectivity index (χ3v) is 4.16. The molecule has 146 valence electrons. The smallest absolute Gasteiger partial charge is 0.387 e. The van der Waals surface area contributed by atoms with Gasteiger partial charge < -0.3 is 25.0 Å². The van der Waals surface area contributed by atoms with Gasteiger partial charge in [0, 0.05) is 12.2 Å². The normalized spacial score (nSPS) is 12.0. The molecule has 0 unspecified atom stereocenters. The van der Waals surface area contributed by atoms with Crippen molar-refractivity contribution in [3.63, 3.8) is 0 Å². The second kappa shape index (κ2) is 10.0. The van der Waals surface area contributed by atoms with Crippen molar-refractivity contribution in [1.29, 1.82) is 0 Å². The third-order valence-electron chi connectivity index (χ3n) is 3.92. The third kappa shape index (κ3) is 6.65. The van der Waals surface area contributed by atoms with Crippen molar-refractivity contribution in [2.24, 2.45) is 0 Å². The summed E-state index contributed by atoms with van der Waals surface area (Å²) in [5.41, 5.74) is 1.81. The molecular formula is C19H23F2N3O2S. The quantitative estimate of drug-likeness (QED) is 0.662. The van der Waals surface area contributed by atoms with Crippen molar-refractivity contribution < 1.29 is 18.3 Å². The van der Waals surface area contributed by atoms with Crippen LogP contribution in [0.3, 0.4) is 0 Å². The molecule has 2 aromatic rings. The maximum atomic E-state index is 12.2. The van der Waals surface area contributed by atoms with E-state index in [-0.39, 0.29) is 11.8 Å². The maximum Gasteiger partial charge on any atom is 0.387 e. The van der Waals surface area contributed by atoms with Gasteiger partial charge in [0.1, 0.15) is 11.5 Å². The molecule has 0 amide bonds. The van der Waals surface area contributed by atoms with Crippen LogP contribution in [0.25, 0.3) is 0 Å². The van der Waals surface area contributed by atoms with Crippen LogP contribution in [0.5, 0.6) is 11.5 Å². The maximum absolute atomic E-state index is 12.2. The van der Waals surface area contributed by atoms with Crippen LogP contribution in [-0.4, -0.2) is 44.4 Å². The summed E-state index contributed by atoms with van der Waals surface area (Å²) in [5, 5.41) is 6.65. The second-order valence-corrected chi connectivity index (χ2v) is 6.40. The topological polar surface area (TPSA) is 45.8 Å². The lowest BCUT2D eigenvalue weighted by Crippen LogP contribution is -2.36. The number of hydrogen-bond donors (Lipinski definition) is 2. The van der Waals surface area contributed by atoms with Gasteiger partial charge in [-0.2, -0.15) is 8.78 Å². The van der Waals surface area contributed by atoms with Gasteiger partial charge in [0.2, 0.25) is 0 Å². The van der Waals surface area contributed by atoms with E-state index in [1.807, 2.05) is 38.4 Å². The minimum Gasteiger partial charge on any atom is -0.497 e. The summed E-state index contributed by atoms with van der Waals surface area (Å²) in [6.45, 7) is -2.25. The monoisotopic (exact) mass is 395 g/mol. The molecular weight excluding hydrogens is 372 g/mol. The van der Waals surface area contributed by atoms with Crippen LogP contribution in [0.4, 0.5) is 14.5 Å². The molecule has 0 aromatic heterocycles. The first-order valence-electron chi connectivity index (χ1n) is 8.29. The second-order valence-electron chi connectivity index (χ2n) is 5.99. The number of ether oxygens (including phenoxy) is 2. The highest BCUT2D eigenvalue weighted by molar-refractivity contribution is 7.80. The number of halogens is 2. The van der Waals surface area contributed by atoms with Gasteiger partial charge in [-0.3, -0.25) is 0 Å².